The fourth-order valence-corrected chi connectivity index (χ4v) is 2.61. The van der Waals surface area contributed by atoms with Crippen molar-refractivity contribution < 1.29 is 4.79 Å². The molecule has 0 radical (unpaired) electrons. The van der Waals surface area contributed by atoms with Gasteiger partial charge in [0.1, 0.15) is 0 Å². The zero-order chi connectivity index (χ0) is 13.8. The van der Waals surface area contributed by atoms with Gasteiger partial charge in [-0.3, -0.25) is 4.79 Å². The molecule has 1 aromatic heterocycles. The third-order valence-corrected chi connectivity index (χ3v) is 3.75. The monoisotopic (exact) mass is 279 g/mol. The highest BCUT2D eigenvalue weighted by Crippen LogP contribution is 2.19. The number of carbonyl (C=O) groups is 1. The van der Waals surface area contributed by atoms with Crippen LogP contribution in [0.15, 0.2) is 71.3 Å². The van der Waals surface area contributed by atoms with Crippen molar-refractivity contribution in [3.8, 4) is 0 Å². The van der Waals surface area contributed by atoms with E-state index in [-0.39, 0.29) is 5.91 Å². The van der Waals surface area contributed by atoms with Gasteiger partial charge >= 0.3 is 0 Å². The van der Waals surface area contributed by atoms with Gasteiger partial charge in [-0.2, -0.15) is 0 Å². The van der Waals surface area contributed by atoms with E-state index in [1.165, 1.54) is 0 Å². The summed E-state index contributed by atoms with van der Waals surface area (Å²) < 4.78 is 0. The largest absolute Gasteiger partial charge is 0.322 e. The van der Waals surface area contributed by atoms with Gasteiger partial charge in [0.05, 0.1) is 0 Å². The van der Waals surface area contributed by atoms with Crippen molar-refractivity contribution in [2.45, 2.75) is 0 Å². The predicted molar refractivity (Wildman–Crippen MR) is 84.0 cm³/mol. The SMILES string of the molecule is O=C1NC(/C=C/c2ccccc2)=CC1=Cc1cccs1. The van der Waals surface area contributed by atoms with Crippen LogP contribution in [-0.4, -0.2) is 5.91 Å². The van der Waals surface area contributed by atoms with Gasteiger partial charge in [-0.15, -0.1) is 11.3 Å². The normalized spacial score (nSPS) is 16.7. The van der Waals surface area contributed by atoms with Gasteiger partial charge in [0, 0.05) is 16.1 Å². The standard InChI is InChI=1S/C17H13NOS/c19-17-14(12-16-7-4-10-20-16)11-15(18-17)9-8-13-5-2-1-3-6-13/h1-12H,(H,18,19)/b9-8+,14-12?. The number of nitrogens with one attached hydrogen (secondary N) is 1. The maximum atomic E-state index is 11.9. The minimum Gasteiger partial charge on any atom is -0.322 e. The molecule has 2 heterocycles. The van der Waals surface area contributed by atoms with E-state index in [9.17, 15) is 4.79 Å². The van der Waals surface area contributed by atoms with Crippen LogP contribution in [-0.2, 0) is 4.79 Å². The van der Waals surface area contributed by atoms with Crippen LogP contribution in [0, 0.1) is 0 Å². The fraction of sp³-hybridized carbons (Fsp3) is 0. The van der Waals surface area contributed by atoms with Gasteiger partial charge in [0.2, 0.25) is 0 Å². The van der Waals surface area contributed by atoms with Gasteiger partial charge in [-0.05, 0) is 35.2 Å². The van der Waals surface area contributed by atoms with E-state index < -0.39 is 0 Å². The van der Waals surface area contributed by atoms with E-state index in [0.29, 0.717) is 5.57 Å². The number of hydrogen-bond acceptors (Lipinski definition) is 2. The zero-order valence-corrected chi connectivity index (χ0v) is 11.6. The Morgan fingerprint density at radius 2 is 1.85 bits per heavy atom. The molecule has 0 bridgehead atoms. The molecule has 0 saturated heterocycles. The molecule has 2 nitrogen and oxygen atoms in total. The Morgan fingerprint density at radius 1 is 1.00 bits per heavy atom. The lowest BCUT2D eigenvalue weighted by Gasteiger charge is -1.95. The first kappa shape index (κ1) is 12.6. The highest BCUT2D eigenvalue weighted by Gasteiger charge is 2.15. The van der Waals surface area contributed by atoms with E-state index in [0.717, 1.165) is 16.1 Å². The number of benzene rings is 1. The lowest BCUT2D eigenvalue weighted by Crippen LogP contribution is -2.15. The van der Waals surface area contributed by atoms with Crippen LogP contribution >= 0.6 is 11.3 Å². The maximum Gasteiger partial charge on any atom is 0.255 e. The van der Waals surface area contributed by atoms with Gasteiger partial charge in [-0.1, -0.05) is 42.5 Å². The van der Waals surface area contributed by atoms with Crippen molar-refractivity contribution in [1.29, 1.82) is 0 Å². The molecule has 2 aromatic rings. The maximum absolute atomic E-state index is 11.9. The van der Waals surface area contributed by atoms with Crippen LogP contribution in [0.3, 0.4) is 0 Å². The number of allylic oxidation sites excluding steroid dienone is 1. The quantitative estimate of drug-likeness (QED) is 0.849. The zero-order valence-electron chi connectivity index (χ0n) is 10.7. The number of hydrogen-bond donors (Lipinski definition) is 1. The van der Waals surface area contributed by atoms with E-state index in [4.69, 9.17) is 0 Å². The molecule has 1 amide bonds. The molecule has 0 atom stereocenters. The lowest BCUT2D eigenvalue weighted by atomic mass is 10.2. The van der Waals surface area contributed by atoms with Crippen LogP contribution in [0.4, 0.5) is 0 Å². The highest BCUT2D eigenvalue weighted by molar-refractivity contribution is 7.10. The number of rotatable bonds is 3. The number of amides is 1. The minimum atomic E-state index is -0.0499. The van der Waals surface area contributed by atoms with E-state index in [2.05, 4.69) is 5.32 Å². The molecule has 1 aliphatic rings. The lowest BCUT2D eigenvalue weighted by molar-refractivity contribution is -0.115. The summed E-state index contributed by atoms with van der Waals surface area (Å²) in [6.45, 7) is 0. The Kier molecular flexibility index (Phi) is 3.61. The summed E-state index contributed by atoms with van der Waals surface area (Å²) >= 11 is 1.62. The van der Waals surface area contributed by atoms with E-state index >= 15 is 0 Å². The number of thiophene rings is 1. The van der Waals surface area contributed by atoms with Gasteiger partial charge < -0.3 is 5.32 Å². The second-order valence-electron chi connectivity index (χ2n) is 4.41. The predicted octanol–water partition coefficient (Wildman–Crippen LogP) is 3.86. The first-order valence-electron chi connectivity index (χ1n) is 6.33. The van der Waals surface area contributed by atoms with Crippen molar-refractivity contribution in [1.82, 2.24) is 5.32 Å². The summed E-state index contributed by atoms with van der Waals surface area (Å²) in [6, 6.07) is 14.0. The van der Waals surface area contributed by atoms with Crippen molar-refractivity contribution in [2.24, 2.45) is 0 Å². The number of carbonyl (C=O) groups excluding carboxylic acids is 1. The summed E-state index contributed by atoms with van der Waals surface area (Å²) in [7, 11) is 0. The minimum absolute atomic E-state index is 0.0499. The Labute approximate surface area is 121 Å². The molecule has 1 aliphatic heterocycles. The molecule has 3 heteroatoms. The Morgan fingerprint density at radius 3 is 2.60 bits per heavy atom. The van der Waals surface area contributed by atoms with Crippen molar-refractivity contribution in [2.75, 3.05) is 0 Å². The van der Waals surface area contributed by atoms with Crippen LogP contribution in [0.1, 0.15) is 10.4 Å². The van der Waals surface area contributed by atoms with Crippen LogP contribution in [0.2, 0.25) is 0 Å². The molecule has 98 valence electrons. The average molecular weight is 279 g/mol. The highest BCUT2D eigenvalue weighted by atomic mass is 32.1. The van der Waals surface area contributed by atoms with Gasteiger partial charge in [0.25, 0.3) is 5.91 Å². The molecule has 0 spiro atoms. The average Bonchev–Trinajstić information content (AvgIpc) is 3.09. The fourth-order valence-electron chi connectivity index (χ4n) is 1.95. The topological polar surface area (TPSA) is 29.1 Å². The first-order chi connectivity index (χ1) is 9.81. The van der Waals surface area contributed by atoms with E-state index in [1.54, 1.807) is 11.3 Å². The third-order valence-electron chi connectivity index (χ3n) is 2.93. The molecular formula is C17H13NOS. The second kappa shape index (κ2) is 5.72. The molecule has 1 aromatic carbocycles. The molecule has 0 aliphatic carbocycles. The molecular weight excluding hydrogens is 266 g/mol. The molecule has 0 fully saturated rings. The summed E-state index contributed by atoms with van der Waals surface area (Å²) in [6.07, 6.45) is 7.69. The van der Waals surface area contributed by atoms with Crippen LogP contribution in [0.25, 0.3) is 12.2 Å². The molecule has 0 saturated carbocycles. The molecule has 20 heavy (non-hydrogen) atoms. The molecule has 0 unspecified atom stereocenters. The summed E-state index contributed by atoms with van der Waals surface area (Å²) in [5.41, 5.74) is 2.63. The van der Waals surface area contributed by atoms with Crippen molar-refractivity contribution in [3.63, 3.8) is 0 Å². The molecule has 1 N–H and O–H groups in total. The summed E-state index contributed by atoms with van der Waals surface area (Å²) in [5.74, 6) is -0.0499. The first-order valence-corrected chi connectivity index (χ1v) is 7.21. The van der Waals surface area contributed by atoms with Crippen LogP contribution < -0.4 is 5.32 Å². The smallest absolute Gasteiger partial charge is 0.255 e. The Bertz CT molecular complexity index is 694. The Balaban J connectivity index is 1.79. The van der Waals surface area contributed by atoms with Gasteiger partial charge in [-0.25, -0.2) is 0 Å². The van der Waals surface area contributed by atoms with Crippen molar-refractivity contribution in [3.05, 3.63) is 81.7 Å². The summed E-state index contributed by atoms with van der Waals surface area (Å²) in [4.78, 5) is 12.9. The Hall–Kier alpha value is -2.39. The molecule has 3 rings (SSSR count). The van der Waals surface area contributed by atoms with Crippen molar-refractivity contribution >= 4 is 29.4 Å². The second-order valence-corrected chi connectivity index (χ2v) is 5.39. The third kappa shape index (κ3) is 2.95. The van der Waals surface area contributed by atoms with Crippen LogP contribution in [0.5, 0.6) is 0 Å². The van der Waals surface area contributed by atoms with E-state index in [1.807, 2.05) is 72.1 Å². The summed E-state index contributed by atoms with van der Waals surface area (Å²) in [5, 5.41) is 4.86. The van der Waals surface area contributed by atoms with Gasteiger partial charge in [0.15, 0.2) is 0 Å².